The van der Waals surface area contributed by atoms with E-state index in [2.05, 4.69) is 10.3 Å². The van der Waals surface area contributed by atoms with Gasteiger partial charge in [-0.1, -0.05) is 46.9 Å². The molecule has 0 saturated carbocycles. The molecule has 0 bridgehead atoms. The highest BCUT2D eigenvalue weighted by atomic mass is 35.5. The molecule has 0 saturated heterocycles. The number of rotatable bonds is 7. The number of pyridine rings is 1. The first-order chi connectivity index (χ1) is 15.9. The van der Waals surface area contributed by atoms with Gasteiger partial charge in [0, 0.05) is 28.8 Å². The van der Waals surface area contributed by atoms with Crippen molar-refractivity contribution in [1.82, 2.24) is 9.55 Å². The van der Waals surface area contributed by atoms with E-state index in [1.165, 1.54) is 18.3 Å². The van der Waals surface area contributed by atoms with Crippen LogP contribution in [0.4, 0.5) is 5.69 Å². The summed E-state index contributed by atoms with van der Waals surface area (Å²) in [5, 5.41) is 4.04. The lowest BCUT2D eigenvalue weighted by Crippen LogP contribution is -2.23. The summed E-state index contributed by atoms with van der Waals surface area (Å²) >= 11 is 18.6. The van der Waals surface area contributed by atoms with Crippen molar-refractivity contribution < 1.29 is 14.3 Å². The molecule has 0 unspecified atom stereocenters. The predicted octanol–water partition coefficient (Wildman–Crippen LogP) is 6.26. The molecule has 0 fully saturated rings. The fourth-order valence-electron chi connectivity index (χ4n) is 3.48. The van der Waals surface area contributed by atoms with E-state index in [0.29, 0.717) is 40.5 Å². The highest BCUT2D eigenvalue weighted by Gasteiger charge is 2.27. The summed E-state index contributed by atoms with van der Waals surface area (Å²) in [4.78, 5) is 29.9. The molecule has 0 spiro atoms. The van der Waals surface area contributed by atoms with Gasteiger partial charge in [0.2, 0.25) is 0 Å². The molecule has 1 N–H and O–H groups in total. The fourth-order valence-corrected chi connectivity index (χ4v) is 4.12. The molecule has 168 valence electrons. The molecule has 6 nitrogen and oxygen atoms in total. The summed E-state index contributed by atoms with van der Waals surface area (Å²) in [6.07, 6.45) is 1.43. The molecule has 0 aliphatic heterocycles. The number of ether oxygens (including phenoxy) is 1. The van der Waals surface area contributed by atoms with Crippen LogP contribution in [-0.4, -0.2) is 27.8 Å². The number of anilines is 1. The lowest BCUT2D eigenvalue weighted by atomic mass is 10.1. The van der Waals surface area contributed by atoms with E-state index in [1.807, 2.05) is 25.1 Å². The molecule has 9 heteroatoms. The second kappa shape index (κ2) is 9.83. The van der Waals surface area contributed by atoms with E-state index in [9.17, 15) is 9.59 Å². The van der Waals surface area contributed by atoms with Gasteiger partial charge in [-0.2, -0.15) is 0 Å². The van der Waals surface area contributed by atoms with Gasteiger partial charge in [0.1, 0.15) is 16.1 Å². The van der Waals surface area contributed by atoms with Gasteiger partial charge in [0.15, 0.2) is 0 Å². The summed E-state index contributed by atoms with van der Waals surface area (Å²) in [5.74, 6) is -1.05. The first-order valence-corrected chi connectivity index (χ1v) is 11.2. The van der Waals surface area contributed by atoms with Crippen molar-refractivity contribution in [2.24, 2.45) is 0 Å². The first kappa shape index (κ1) is 23.1. The number of nitrogens with one attached hydrogen (secondary N) is 1. The van der Waals surface area contributed by atoms with Crippen molar-refractivity contribution in [2.75, 3.05) is 11.9 Å². The molecular weight excluding hydrogens is 485 g/mol. The summed E-state index contributed by atoms with van der Waals surface area (Å²) in [5.41, 5.74) is 2.08. The molecule has 4 aromatic rings. The summed E-state index contributed by atoms with van der Waals surface area (Å²) < 4.78 is 7.38. The number of amides is 1. The zero-order chi connectivity index (χ0) is 23.5. The first-order valence-electron chi connectivity index (χ1n) is 10.0. The van der Waals surface area contributed by atoms with Crippen LogP contribution >= 0.6 is 34.8 Å². The third-order valence-corrected chi connectivity index (χ3v) is 5.81. The Bertz CT molecular complexity index is 1350. The lowest BCUT2D eigenvalue weighted by molar-refractivity contribution is -0.112. The summed E-state index contributed by atoms with van der Waals surface area (Å²) in [6, 6.07) is 15.6. The number of aromatic nitrogens is 2. The van der Waals surface area contributed by atoms with Crippen molar-refractivity contribution in [3.05, 3.63) is 87.2 Å². The molecule has 0 atom stereocenters. The maximum absolute atomic E-state index is 13.2. The van der Waals surface area contributed by atoms with Crippen LogP contribution in [0.1, 0.15) is 22.8 Å². The lowest BCUT2D eigenvalue weighted by Gasteiger charge is -2.08. The van der Waals surface area contributed by atoms with Gasteiger partial charge in [0.25, 0.3) is 11.7 Å². The van der Waals surface area contributed by atoms with Crippen molar-refractivity contribution in [1.29, 1.82) is 0 Å². The third-order valence-electron chi connectivity index (χ3n) is 4.95. The van der Waals surface area contributed by atoms with Crippen LogP contribution < -0.4 is 10.1 Å². The number of ketones is 1. The van der Waals surface area contributed by atoms with E-state index in [4.69, 9.17) is 39.5 Å². The van der Waals surface area contributed by atoms with Crippen LogP contribution in [0.15, 0.2) is 60.8 Å². The quantitative estimate of drug-likeness (QED) is 0.184. The van der Waals surface area contributed by atoms with Gasteiger partial charge in [-0.15, -0.1) is 0 Å². The van der Waals surface area contributed by atoms with Crippen LogP contribution in [0.25, 0.3) is 10.9 Å². The highest BCUT2D eigenvalue weighted by Crippen LogP contribution is 2.34. The zero-order valence-corrected chi connectivity index (χ0v) is 19.7. The van der Waals surface area contributed by atoms with E-state index in [-0.39, 0.29) is 15.9 Å². The maximum atomic E-state index is 13.2. The predicted molar refractivity (Wildman–Crippen MR) is 131 cm³/mol. The molecule has 0 aliphatic rings. The monoisotopic (exact) mass is 501 g/mol. The average molecular weight is 503 g/mol. The molecule has 0 radical (unpaired) electrons. The molecule has 1 amide bonds. The van der Waals surface area contributed by atoms with E-state index < -0.39 is 11.7 Å². The minimum absolute atomic E-state index is 0.0971. The summed E-state index contributed by atoms with van der Waals surface area (Å²) in [6.45, 7) is 2.70. The molecule has 0 aliphatic carbocycles. The van der Waals surface area contributed by atoms with Crippen LogP contribution in [0, 0.1) is 0 Å². The van der Waals surface area contributed by atoms with E-state index in [1.54, 1.807) is 28.8 Å². The van der Waals surface area contributed by atoms with Crippen LogP contribution in [0.2, 0.25) is 15.3 Å². The van der Waals surface area contributed by atoms with Gasteiger partial charge in [-0.05, 0) is 55.0 Å². The standard InChI is InChI=1S/C24H18Cl3N3O3/c1-2-33-17-7-8-19-18(12-17)21(22(31)24(32)29-16-9-10-28-20(26)11-16)23(27)30(19)13-14-3-5-15(25)6-4-14/h3-12H,2,13H2,1H3,(H,28,29,32). The molecule has 33 heavy (non-hydrogen) atoms. The van der Waals surface area contributed by atoms with E-state index >= 15 is 0 Å². The third kappa shape index (κ3) is 4.98. The smallest absolute Gasteiger partial charge is 0.296 e. The van der Waals surface area contributed by atoms with Crippen LogP contribution in [0.5, 0.6) is 5.75 Å². The van der Waals surface area contributed by atoms with Gasteiger partial charge in [-0.3, -0.25) is 9.59 Å². The van der Waals surface area contributed by atoms with Crippen molar-refractivity contribution in [3.8, 4) is 5.75 Å². The van der Waals surface area contributed by atoms with Gasteiger partial charge in [0.05, 0.1) is 17.7 Å². The Labute approximate surface area is 205 Å². The molecule has 2 aromatic heterocycles. The topological polar surface area (TPSA) is 73.2 Å². The number of hydrogen-bond donors (Lipinski definition) is 1. The van der Waals surface area contributed by atoms with Crippen LogP contribution in [0.3, 0.4) is 0 Å². The van der Waals surface area contributed by atoms with E-state index in [0.717, 1.165) is 5.56 Å². The number of hydrogen-bond acceptors (Lipinski definition) is 4. The minimum Gasteiger partial charge on any atom is -0.494 e. The van der Waals surface area contributed by atoms with Gasteiger partial charge in [-0.25, -0.2) is 4.98 Å². The zero-order valence-electron chi connectivity index (χ0n) is 17.4. The van der Waals surface area contributed by atoms with Crippen molar-refractivity contribution in [2.45, 2.75) is 13.5 Å². The molecular formula is C24H18Cl3N3O3. The average Bonchev–Trinajstić information content (AvgIpc) is 3.05. The second-order valence-corrected chi connectivity index (χ2v) is 8.32. The second-order valence-electron chi connectivity index (χ2n) is 7.14. The van der Waals surface area contributed by atoms with Crippen molar-refractivity contribution >= 4 is 63.1 Å². The van der Waals surface area contributed by atoms with Crippen LogP contribution in [-0.2, 0) is 11.3 Å². The Morgan fingerprint density at radius 2 is 1.79 bits per heavy atom. The Hall–Kier alpha value is -3.06. The number of benzene rings is 2. The van der Waals surface area contributed by atoms with Gasteiger partial charge >= 0.3 is 0 Å². The number of halogens is 3. The molecule has 2 heterocycles. The Morgan fingerprint density at radius 1 is 1.03 bits per heavy atom. The summed E-state index contributed by atoms with van der Waals surface area (Å²) in [7, 11) is 0. The SMILES string of the molecule is CCOc1ccc2c(c1)c(C(=O)C(=O)Nc1ccnc(Cl)c1)c(Cl)n2Cc1ccc(Cl)cc1. The van der Waals surface area contributed by atoms with Crippen molar-refractivity contribution in [3.63, 3.8) is 0 Å². The fraction of sp³-hybridized carbons (Fsp3) is 0.125. The molecule has 2 aromatic carbocycles. The maximum Gasteiger partial charge on any atom is 0.296 e. The number of carbonyl (C=O) groups is 2. The normalized spacial score (nSPS) is 10.9. The number of carbonyl (C=O) groups excluding carboxylic acids is 2. The Morgan fingerprint density at radius 3 is 2.48 bits per heavy atom. The number of fused-ring (bicyclic) bond motifs is 1. The highest BCUT2D eigenvalue weighted by molar-refractivity contribution is 6.52. The molecule has 4 rings (SSSR count). The van der Waals surface area contributed by atoms with Gasteiger partial charge < -0.3 is 14.6 Å². The Balaban J connectivity index is 1.77. The largest absolute Gasteiger partial charge is 0.494 e. The minimum atomic E-state index is -0.841. The number of nitrogens with zero attached hydrogens (tertiary/aromatic N) is 2. The Kier molecular flexibility index (Phi) is 6.88. The number of Topliss-reactive ketones (excluding diaryl/α,β-unsaturated/α-hetero) is 1.